The summed E-state index contributed by atoms with van der Waals surface area (Å²) in [4.78, 5) is 0. The Morgan fingerprint density at radius 1 is 1.53 bits per heavy atom. The average Bonchev–Trinajstić information content (AvgIpc) is 2.74. The molecular formula is C12H16FNS. The zero-order valence-corrected chi connectivity index (χ0v) is 9.69. The summed E-state index contributed by atoms with van der Waals surface area (Å²) in [6.07, 6.45) is 1.15. The second-order valence-electron chi connectivity index (χ2n) is 4.16. The van der Waals surface area contributed by atoms with E-state index in [1.807, 2.05) is 23.9 Å². The molecule has 15 heavy (non-hydrogen) atoms. The lowest BCUT2D eigenvalue weighted by atomic mass is 9.93. The largest absolute Gasteiger partial charge is 0.324 e. The highest BCUT2D eigenvalue weighted by Crippen LogP contribution is 2.32. The van der Waals surface area contributed by atoms with Crippen LogP contribution in [-0.2, 0) is 0 Å². The number of benzene rings is 1. The molecule has 3 heteroatoms. The van der Waals surface area contributed by atoms with Gasteiger partial charge in [0, 0.05) is 6.04 Å². The first-order valence-electron chi connectivity index (χ1n) is 5.28. The van der Waals surface area contributed by atoms with E-state index in [1.165, 1.54) is 5.75 Å². The van der Waals surface area contributed by atoms with Crippen molar-refractivity contribution in [1.82, 2.24) is 0 Å². The average molecular weight is 225 g/mol. The van der Waals surface area contributed by atoms with E-state index in [0.29, 0.717) is 11.5 Å². The summed E-state index contributed by atoms with van der Waals surface area (Å²) in [6.45, 7) is 1.77. The summed E-state index contributed by atoms with van der Waals surface area (Å²) in [7, 11) is 0. The quantitative estimate of drug-likeness (QED) is 0.837. The van der Waals surface area contributed by atoms with Gasteiger partial charge in [-0.3, -0.25) is 0 Å². The van der Waals surface area contributed by atoms with E-state index in [4.69, 9.17) is 5.73 Å². The SMILES string of the molecule is Cc1ccc(C(N)C2CCSC2)cc1F. The maximum atomic E-state index is 13.4. The van der Waals surface area contributed by atoms with E-state index >= 15 is 0 Å². The molecule has 0 radical (unpaired) electrons. The highest BCUT2D eigenvalue weighted by molar-refractivity contribution is 7.99. The standard InChI is InChI=1S/C12H16FNS/c1-8-2-3-9(6-11(8)13)12(14)10-4-5-15-7-10/h2-3,6,10,12H,4-5,7,14H2,1H3. The van der Waals surface area contributed by atoms with E-state index < -0.39 is 0 Å². The number of hydrogen-bond donors (Lipinski definition) is 1. The summed E-state index contributed by atoms with van der Waals surface area (Å²) in [5.41, 5.74) is 7.76. The molecule has 0 bridgehead atoms. The number of aryl methyl sites for hydroxylation is 1. The number of nitrogens with two attached hydrogens (primary N) is 1. The summed E-state index contributed by atoms with van der Waals surface area (Å²) in [6, 6.07) is 5.34. The molecule has 0 saturated carbocycles. The van der Waals surface area contributed by atoms with Crippen molar-refractivity contribution < 1.29 is 4.39 Å². The molecule has 1 aromatic carbocycles. The monoisotopic (exact) mass is 225 g/mol. The lowest BCUT2D eigenvalue weighted by Gasteiger charge is -2.18. The van der Waals surface area contributed by atoms with Crippen molar-refractivity contribution in [2.45, 2.75) is 19.4 Å². The molecule has 1 fully saturated rings. The molecule has 1 aromatic rings. The smallest absolute Gasteiger partial charge is 0.126 e. The zero-order chi connectivity index (χ0) is 10.8. The maximum Gasteiger partial charge on any atom is 0.126 e. The van der Waals surface area contributed by atoms with Crippen LogP contribution >= 0.6 is 11.8 Å². The third-order valence-electron chi connectivity index (χ3n) is 3.05. The third kappa shape index (κ3) is 2.34. The van der Waals surface area contributed by atoms with Gasteiger partial charge in [0.05, 0.1) is 0 Å². The predicted molar refractivity (Wildman–Crippen MR) is 63.5 cm³/mol. The first-order chi connectivity index (χ1) is 7.18. The number of hydrogen-bond acceptors (Lipinski definition) is 2. The van der Waals surface area contributed by atoms with E-state index in [1.54, 1.807) is 13.0 Å². The summed E-state index contributed by atoms with van der Waals surface area (Å²) < 4.78 is 13.4. The Hall–Kier alpha value is -0.540. The van der Waals surface area contributed by atoms with Gasteiger partial charge in [-0.15, -0.1) is 0 Å². The van der Waals surface area contributed by atoms with Gasteiger partial charge in [0.2, 0.25) is 0 Å². The molecule has 1 nitrogen and oxygen atoms in total. The second kappa shape index (κ2) is 4.54. The van der Waals surface area contributed by atoms with E-state index in [-0.39, 0.29) is 11.9 Å². The van der Waals surface area contributed by atoms with Crippen molar-refractivity contribution in [2.24, 2.45) is 11.7 Å². The van der Waals surface area contributed by atoms with Crippen LogP contribution in [-0.4, -0.2) is 11.5 Å². The Bertz CT molecular complexity index is 347. The van der Waals surface area contributed by atoms with Crippen molar-refractivity contribution in [2.75, 3.05) is 11.5 Å². The summed E-state index contributed by atoms with van der Waals surface area (Å²) >= 11 is 1.94. The Labute approximate surface area is 94.2 Å². The topological polar surface area (TPSA) is 26.0 Å². The van der Waals surface area contributed by atoms with E-state index in [2.05, 4.69) is 0 Å². The van der Waals surface area contributed by atoms with Gasteiger partial charge in [0.15, 0.2) is 0 Å². The van der Waals surface area contributed by atoms with Gasteiger partial charge >= 0.3 is 0 Å². The van der Waals surface area contributed by atoms with Crippen LogP contribution in [0.4, 0.5) is 4.39 Å². The van der Waals surface area contributed by atoms with Gasteiger partial charge < -0.3 is 5.73 Å². The lowest BCUT2D eigenvalue weighted by molar-refractivity contribution is 0.479. The molecule has 2 unspecified atom stereocenters. The molecule has 82 valence electrons. The molecule has 0 aliphatic carbocycles. The van der Waals surface area contributed by atoms with Crippen LogP contribution in [0.1, 0.15) is 23.6 Å². The van der Waals surface area contributed by atoms with Crippen LogP contribution in [0.5, 0.6) is 0 Å². The molecule has 0 aromatic heterocycles. The van der Waals surface area contributed by atoms with Gasteiger partial charge in [-0.1, -0.05) is 12.1 Å². The minimum atomic E-state index is -0.145. The normalized spacial score (nSPS) is 23.0. The van der Waals surface area contributed by atoms with Crippen molar-refractivity contribution in [1.29, 1.82) is 0 Å². The van der Waals surface area contributed by atoms with E-state index in [0.717, 1.165) is 17.7 Å². The summed E-state index contributed by atoms with van der Waals surface area (Å²) in [5.74, 6) is 2.66. The van der Waals surface area contributed by atoms with Crippen LogP contribution in [0.25, 0.3) is 0 Å². The fraction of sp³-hybridized carbons (Fsp3) is 0.500. The molecular weight excluding hydrogens is 209 g/mol. The molecule has 1 saturated heterocycles. The van der Waals surface area contributed by atoms with Gasteiger partial charge in [-0.2, -0.15) is 11.8 Å². The maximum absolute atomic E-state index is 13.4. The Morgan fingerprint density at radius 3 is 2.93 bits per heavy atom. The molecule has 1 heterocycles. The first kappa shape index (κ1) is 11.0. The lowest BCUT2D eigenvalue weighted by Crippen LogP contribution is -2.21. The minimum Gasteiger partial charge on any atom is -0.324 e. The van der Waals surface area contributed by atoms with Crippen molar-refractivity contribution in [3.05, 3.63) is 35.1 Å². The predicted octanol–water partition coefficient (Wildman–Crippen LogP) is 2.89. The Balaban J connectivity index is 2.17. The van der Waals surface area contributed by atoms with Crippen molar-refractivity contribution in [3.8, 4) is 0 Å². The van der Waals surface area contributed by atoms with Gasteiger partial charge in [-0.25, -0.2) is 4.39 Å². The van der Waals surface area contributed by atoms with Crippen LogP contribution < -0.4 is 5.73 Å². The van der Waals surface area contributed by atoms with Crippen LogP contribution in [0.3, 0.4) is 0 Å². The fourth-order valence-electron chi connectivity index (χ4n) is 1.92. The molecule has 2 rings (SSSR count). The Kier molecular flexibility index (Phi) is 3.32. The molecule has 2 N–H and O–H groups in total. The zero-order valence-electron chi connectivity index (χ0n) is 8.87. The van der Waals surface area contributed by atoms with Crippen molar-refractivity contribution >= 4 is 11.8 Å². The highest BCUT2D eigenvalue weighted by atomic mass is 32.2. The second-order valence-corrected chi connectivity index (χ2v) is 5.31. The van der Waals surface area contributed by atoms with Gasteiger partial charge in [-0.05, 0) is 48.0 Å². The number of halogens is 1. The molecule has 1 aliphatic rings. The Morgan fingerprint density at radius 2 is 2.33 bits per heavy atom. The molecule has 0 spiro atoms. The minimum absolute atomic E-state index is 0.00454. The first-order valence-corrected chi connectivity index (χ1v) is 6.43. The fourth-order valence-corrected chi connectivity index (χ4v) is 3.24. The van der Waals surface area contributed by atoms with Gasteiger partial charge in [0.25, 0.3) is 0 Å². The van der Waals surface area contributed by atoms with E-state index in [9.17, 15) is 4.39 Å². The number of rotatable bonds is 2. The molecule has 0 amide bonds. The third-order valence-corrected chi connectivity index (χ3v) is 4.24. The van der Waals surface area contributed by atoms with Crippen LogP contribution in [0.2, 0.25) is 0 Å². The highest BCUT2D eigenvalue weighted by Gasteiger charge is 2.23. The van der Waals surface area contributed by atoms with Crippen LogP contribution in [0, 0.1) is 18.7 Å². The van der Waals surface area contributed by atoms with Gasteiger partial charge in [0.1, 0.15) is 5.82 Å². The number of thioether (sulfide) groups is 1. The molecule has 2 atom stereocenters. The van der Waals surface area contributed by atoms with Crippen molar-refractivity contribution in [3.63, 3.8) is 0 Å². The summed E-state index contributed by atoms with van der Waals surface area (Å²) in [5, 5.41) is 0. The van der Waals surface area contributed by atoms with Crippen LogP contribution in [0.15, 0.2) is 18.2 Å². The molecule has 1 aliphatic heterocycles.